The fourth-order valence-corrected chi connectivity index (χ4v) is 4.11. The number of rotatable bonds is 4. The second kappa shape index (κ2) is 11.4. The Morgan fingerprint density at radius 3 is 1.83 bits per heavy atom. The maximum Gasteiger partial charge on any atom is 0.237 e. The van der Waals surface area contributed by atoms with Gasteiger partial charge in [-0.3, -0.25) is 14.2 Å². The molecule has 0 spiro atoms. The van der Waals surface area contributed by atoms with E-state index in [1.165, 1.54) is 11.1 Å². The van der Waals surface area contributed by atoms with Crippen LogP contribution in [0.2, 0.25) is 0 Å². The first-order chi connectivity index (χ1) is 16.9. The largest absolute Gasteiger partial charge is 0.338 e. The van der Waals surface area contributed by atoms with Crippen molar-refractivity contribution >= 4 is 39.0 Å². The van der Waals surface area contributed by atoms with Crippen molar-refractivity contribution in [2.24, 2.45) is 14.1 Å². The smallest absolute Gasteiger partial charge is 0.237 e. The van der Waals surface area contributed by atoms with Crippen molar-refractivity contribution in [2.45, 2.75) is 6.42 Å². The molecule has 0 saturated carbocycles. The van der Waals surface area contributed by atoms with Crippen molar-refractivity contribution in [1.29, 1.82) is 0 Å². The third-order valence-electron chi connectivity index (χ3n) is 5.57. The number of aryl methyl sites for hydroxylation is 2. The van der Waals surface area contributed by atoms with E-state index in [1.54, 1.807) is 14.3 Å². The molecular formula is C25H25BrClN7O. The van der Waals surface area contributed by atoms with Crippen LogP contribution >= 0.6 is 27.5 Å². The summed E-state index contributed by atoms with van der Waals surface area (Å²) in [6, 6.07) is 16.3. The second-order valence-electron chi connectivity index (χ2n) is 8.09. The van der Waals surface area contributed by atoms with Crippen LogP contribution in [0, 0.1) is 0 Å². The zero-order valence-corrected chi connectivity index (χ0v) is 21.8. The number of nitrogens with zero attached hydrogens (tertiary/aromatic N) is 7. The van der Waals surface area contributed by atoms with Gasteiger partial charge in [0.05, 0.1) is 12.4 Å². The molecule has 8 nitrogen and oxygen atoms in total. The van der Waals surface area contributed by atoms with E-state index < -0.39 is 0 Å². The molecule has 0 radical (unpaired) electrons. The van der Waals surface area contributed by atoms with Crippen molar-refractivity contribution in [3.05, 3.63) is 77.0 Å². The van der Waals surface area contributed by atoms with Crippen LogP contribution in [0.1, 0.15) is 12.0 Å². The lowest BCUT2D eigenvalue weighted by molar-refractivity contribution is -0.128. The van der Waals surface area contributed by atoms with Crippen LogP contribution in [0.15, 0.2) is 71.5 Å². The Morgan fingerprint density at radius 2 is 1.40 bits per heavy atom. The summed E-state index contributed by atoms with van der Waals surface area (Å²) in [6.07, 6.45) is 6.74. The number of hydrogen-bond donors (Lipinski definition) is 0. The molecule has 0 atom stereocenters. The summed E-state index contributed by atoms with van der Waals surface area (Å²) in [7, 11) is 3.71. The number of aromatic nitrogens is 6. The number of carbonyl (C=O) groups is 1. The molecule has 2 aromatic carbocycles. The lowest BCUT2D eigenvalue weighted by atomic mass is 9.98. The van der Waals surface area contributed by atoms with Gasteiger partial charge in [-0.15, -0.1) is 21.8 Å². The Bertz CT molecular complexity index is 1310. The summed E-state index contributed by atoms with van der Waals surface area (Å²) in [4.78, 5) is 13.3. The first-order valence-corrected chi connectivity index (χ1v) is 12.4. The fraction of sp³-hybridized carbons (Fsp3) is 0.240. The average Bonchev–Trinajstić information content (AvgIpc) is 3.53. The lowest BCUT2D eigenvalue weighted by Crippen LogP contribution is -2.35. The van der Waals surface area contributed by atoms with E-state index in [9.17, 15) is 4.79 Å². The molecule has 3 heterocycles. The number of carbonyl (C=O) groups excluding carboxylic acids is 1. The van der Waals surface area contributed by atoms with E-state index >= 15 is 0 Å². The normalized spacial score (nSPS) is 13.1. The Balaban J connectivity index is 0.000000189. The van der Waals surface area contributed by atoms with Gasteiger partial charge in [0.2, 0.25) is 5.91 Å². The van der Waals surface area contributed by atoms with Gasteiger partial charge in [-0.1, -0.05) is 68.8 Å². The molecule has 1 amide bonds. The molecule has 4 aromatic rings. The van der Waals surface area contributed by atoms with Gasteiger partial charge in [0.25, 0.3) is 0 Å². The molecular weight excluding hydrogens is 530 g/mol. The van der Waals surface area contributed by atoms with Gasteiger partial charge in [0, 0.05) is 42.8 Å². The molecule has 2 aromatic heterocycles. The van der Waals surface area contributed by atoms with Gasteiger partial charge >= 0.3 is 0 Å². The van der Waals surface area contributed by atoms with E-state index in [2.05, 4.69) is 66.9 Å². The highest BCUT2D eigenvalue weighted by atomic mass is 79.9. The van der Waals surface area contributed by atoms with Crippen LogP contribution in [0.25, 0.3) is 28.1 Å². The fourth-order valence-electron chi connectivity index (χ4n) is 3.68. The van der Waals surface area contributed by atoms with Gasteiger partial charge in [0.1, 0.15) is 17.3 Å². The molecule has 1 aliphatic heterocycles. The SMILES string of the molecule is Cn1cc(-c2ccc(Br)cc2)nn1.Cn1cc(-c2ccc(C3=CCN(C(=O)CCl)CC3)cc2)nn1. The summed E-state index contributed by atoms with van der Waals surface area (Å²) in [5.41, 5.74) is 6.35. The van der Waals surface area contributed by atoms with Crippen molar-refractivity contribution in [3.8, 4) is 22.5 Å². The molecule has 0 aliphatic carbocycles. The summed E-state index contributed by atoms with van der Waals surface area (Å²) in [6.45, 7) is 1.36. The topological polar surface area (TPSA) is 81.7 Å². The van der Waals surface area contributed by atoms with E-state index in [4.69, 9.17) is 11.6 Å². The van der Waals surface area contributed by atoms with E-state index in [0.717, 1.165) is 40.0 Å². The van der Waals surface area contributed by atoms with E-state index in [0.29, 0.717) is 6.54 Å². The van der Waals surface area contributed by atoms with Gasteiger partial charge < -0.3 is 4.90 Å². The Kier molecular flexibility index (Phi) is 8.09. The maximum absolute atomic E-state index is 11.6. The maximum atomic E-state index is 11.6. The molecule has 0 bridgehead atoms. The number of alkyl halides is 1. The predicted octanol–water partition coefficient (Wildman–Crippen LogP) is 4.58. The minimum Gasteiger partial charge on any atom is -0.338 e. The first kappa shape index (κ1) is 24.8. The highest BCUT2D eigenvalue weighted by Gasteiger charge is 2.17. The van der Waals surface area contributed by atoms with Crippen LogP contribution < -0.4 is 0 Å². The Hall–Kier alpha value is -3.30. The molecule has 0 saturated heterocycles. The molecule has 0 N–H and O–H groups in total. The molecule has 180 valence electrons. The van der Waals surface area contributed by atoms with Crippen LogP contribution in [-0.4, -0.2) is 59.8 Å². The van der Waals surface area contributed by atoms with E-state index in [-0.39, 0.29) is 11.8 Å². The minimum atomic E-state index is -0.00466. The summed E-state index contributed by atoms with van der Waals surface area (Å²) in [5.74, 6) is 0.0469. The number of amides is 1. The average molecular weight is 555 g/mol. The van der Waals surface area contributed by atoms with Crippen LogP contribution in [0.5, 0.6) is 0 Å². The monoisotopic (exact) mass is 553 g/mol. The molecule has 35 heavy (non-hydrogen) atoms. The Labute approximate surface area is 217 Å². The minimum absolute atomic E-state index is 0.00466. The molecule has 0 unspecified atom stereocenters. The lowest BCUT2D eigenvalue weighted by Gasteiger charge is -2.26. The van der Waals surface area contributed by atoms with Gasteiger partial charge in [-0.2, -0.15) is 0 Å². The first-order valence-electron chi connectivity index (χ1n) is 11.0. The third kappa shape index (κ3) is 6.43. The summed E-state index contributed by atoms with van der Waals surface area (Å²) < 4.78 is 4.45. The molecule has 5 rings (SSSR count). The Morgan fingerprint density at radius 1 is 0.886 bits per heavy atom. The summed E-state index contributed by atoms with van der Waals surface area (Å²) in [5, 5.41) is 15.9. The van der Waals surface area contributed by atoms with Crippen molar-refractivity contribution < 1.29 is 4.79 Å². The second-order valence-corrected chi connectivity index (χ2v) is 9.27. The van der Waals surface area contributed by atoms with Gasteiger partial charge in [-0.05, 0) is 29.7 Å². The van der Waals surface area contributed by atoms with Crippen LogP contribution in [0.3, 0.4) is 0 Å². The zero-order valence-electron chi connectivity index (χ0n) is 19.5. The number of halogens is 2. The van der Waals surface area contributed by atoms with Crippen molar-refractivity contribution in [3.63, 3.8) is 0 Å². The molecule has 0 fully saturated rings. The van der Waals surface area contributed by atoms with Crippen LogP contribution in [0.4, 0.5) is 0 Å². The standard InChI is InChI=1S/C16H17ClN4O.C9H8BrN3/c1-20-11-15(18-19-20)14-4-2-12(3-5-14)13-6-8-21(9-7-13)16(22)10-17;1-13-6-9(11-12-13)7-2-4-8(10)5-3-7/h2-6,11H,7-10H2,1H3;2-6H,1H3. The highest BCUT2D eigenvalue weighted by molar-refractivity contribution is 9.10. The number of benzene rings is 2. The van der Waals surface area contributed by atoms with Gasteiger partial charge in [0.15, 0.2) is 0 Å². The highest BCUT2D eigenvalue weighted by Crippen LogP contribution is 2.25. The predicted molar refractivity (Wildman–Crippen MR) is 140 cm³/mol. The van der Waals surface area contributed by atoms with Crippen molar-refractivity contribution in [1.82, 2.24) is 34.9 Å². The van der Waals surface area contributed by atoms with E-state index in [1.807, 2.05) is 50.8 Å². The van der Waals surface area contributed by atoms with Crippen LogP contribution in [-0.2, 0) is 18.9 Å². The third-order valence-corrected chi connectivity index (χ3v) is 6.33. The zero-order chi connectivity index (χ0) is 24.8. The molecule has 1 aliphatic rings. The van der Waals surface area contributed by atoms with Crippen molar-refractivity contribution in [2.75, 3.05) is 19.0 Å². The summed E-state index contributed by atoms with van der Waals surface area (Å²) >= 11 is 8.97. The number of hydrogen-bond acceptors (Lipinski definition) is 5. The van der Waals surface area contributed by atoms with Gasteiger partial charge in [-0.25, -0.2) is 0 Å². The molecule has 10 heteroatoms. The quantitative estimate of drug-likeness (QED) is 0.345.